The van der Waals surface area contributed by atoms with Crippen LogP contribution in [0, 0.1) is 11.8 Å². The fourth-order valence-corrected chi connectivity index (χ4v) is 8.63. The largest absolute Gasteiger partial charge is 0.472 e. The minimum absolute atomic E-state index is 0.0365. The number of aryl methyl sites for hydroxylation is 1. The normalized spacial score (nSPS) is 29.4. The van der Waals surface area contributed by atoms with Crippen molar-refractivity contribution in [2.24, 2.45) is 11.8 Å². The molecule has 0 spiro atoms. The Kier molecular flexibility index (Phi) is 9.01. The minimum Gasteiger partial charge on any atom is -0.472 e. The Morgan fingerprint density at radius 3 is 2.61 bits per heavy atom. The van der Waals surface area contributed by atoms with E-state index in [1.165, 1.54) is 11.0 Å². The van der Waals surface area contributed by atoms with Gasteiger partial charge in [0.2, 0.25) is 27.7 Å². The topological polar surface area (TPSA) is 173 Å². The average molecular weight is 694 g/mol. The third-order valence-electron chi connectivity index (χ3n) is 10.7. The summed E-state index contributed by atoms with van der Waals surface area (Å²) in [6.07, 6.45) is 8.76. The lowest BCUT2D eigenvalue weighted by molar-refractivity contribution is -0.142. The number of ether oxygens (including phenoxy) is 2. The summed E-state index contributed by atoms with van der Waals surface area (Å²) in [6, 6.07) is 6.08. The van der Waals surface area contributed by atoms with Crippen molar-refractivity contribution in [3.8, 4) is 5.88 Å². The monoisotopic (exact) mass is 693 g/mol. The van der Waals surface area contributed by atoms with Crippen molar-refractivity contribution in [3.63, 3.8) is 0 Å². The summed E-state index contributed by atoms with van der Waals surface area (Å²) in [7, 11) is -3.87. The minimum atomic E-state index is -3.87. The zero-order valence-electron chi connectivity index (χ0n) is 27.4. The molecule has 3 N–H and O–H groups in total. The molecule has 13 nitrogen and oxygen atoms in total. The molecular formula is C35H43N5O8S. The smallest absolute Gasteiger partial charge is 0.407 e. The second-order valence-corrected chi connectivity index (χ2v) is 16.1. The van der Waals surface area contributed by atoms with Crippen LogP contribution < -0.4 is 20.1 Å². The Bertz CT molecular complexity index is 1780. The van der Waals surface area contributed by atoms with Crippen molar-refractivity contribution >= 4 is 44.6 Å². The fraction of sp³-hybridized carbons (Fsp3) is 0.571. The average Bonchev–Trinajstić information content (AvgIpc) is 3.98. The predicted molar refractivity (Wildman–Crippen MR) is 179 cm³/mol. The Balaban J connectivity index is 1.19. The van der Waals surface area contributed by atoms with Gasteiger partial charge in [0, 0.05) is 23.9 Å². The van der Waals surface area contributed by atoms with E-state index in [0.29, 0.717) is 25.1 Å². The maximum atomic E-state index is 14.4. The number of hydrogen-bond acceptors (Lipinski definition) is 9. The Morgan fingerprint density at radius 1 is 1.08 bits per heavy atom. The third kappa shape index (κ3) is 6.84. The number of carbonyl (C=O) groups is 4. The molecule has 5 atom stereocenters. The Labute approximate surface area is 285 Å². The first-order valence-electron chi connectivity index (χ1n) is 17.4. The number of benzene rings is 1. The number of fused-ring (bicyclic) bond motifs is 3. The van der Waals surface area contributed by atoms with Gasteiger partial charge in [-0.05, 0) is 86.8 Å². The molecule has 2 aromatic rings. The van der Waals surface area contributed by atoms with E-state index < -0.39 is 68.7 Å². The molecule has 0 radical (unpaired) electrons. The molecule has 3 heterocycles. The molecule has 1 unspecified atom stereocenters. The number of alkyl carbamates (subject to hydrolysis) is 1. The molecule has 3 saturated carbocycles. The summed E-state index contributed by atoms with van der Waals surface area (Å²) in [5.74, 6) is -2.08. The predicted octanol–water partition coefficient (Wildman–Crippen LogP) is 2.87. The van der Waals surface area contributed by atoms with E-state index in [9.17, 15) is 27.6 Å². The third-order valence-corrected chi connectivity index (χ3v) is 12.5. The van der Waals surface area contributed by atoms with Gasteiger partial charge in [-0.15, -0.1) is 6.58 Å². The molecule has 49 heavy (non-hydrogen) atoms. The van der Waals surface area contributed by atoms with Crippen LogP contribution in [0.2, 0.25) is 0 Å². The van der Waals surface area contributed by atoms with Crippen LogP contribution in [0.3, 0.4) is 0 Å². The molecule has 1 saturated heterocycles. The van der Waals surface area contributed by atoms with E-state index >= 15 is 0 Å². The van der Waals surface area contributed by atoms with Crippen LogP contribution in [0.1, 0.15) is 69.8 Å². The summed E-state index contributed by atoms with van der Waals surface area (Å²) in [4.78, 5) is 60.8. The van der Waals surface area contributed by atoms with Gasteiger partial charge in [-0.3, -0.25) is 19.1 Å². The van der Waals surface area contributed by atoms with E-state index in [4.69, 9.17) is 9.47 Å². The van der Waals surface area contributed by atoms with Crippen LogP contribution in [0.5, 0.6) is 5.88 Å². The summed E-state index contributed by atoms with van der Waals surface area (Å²) in [5, 5.41) is 6.76. The van der Waals surface area contributed by atoms with Crippen LogP contribution in [-0.2, 0) is 35.6 Å². The maximum Gasteiger partial charge on any atom is 0.407 e. The van der Waals surface area contributed by atoms with E-state index in [1.54, 1.807) is 6.20 Å². The number of nitrogens with one attached hydrogen (secondary N) is 3. The molecule has 1 aromatic carbocycles. The fourth-order valence-electron chi connectivity index (χ4n) is 7.26. The number of amides is 4. The lowest BCUT2D eigenvalue weighted by atomic mass is 9.79. The SMILES string of the molecule is C=C[C@@H]1CC1(NC(=O)[C@@H]1C[C@@H]2CN1C(=O)[C@@H](C1CCC1)NC(=O)OCCCCCc1ccc3ccnc(c3c1)O2)C(=O)NS(=O)(=O)C1CC1. The van der Waals surface area contributed by atoms with Crippen LogP contribution in [0.15, 0.2) is 43.1 Å². The zero-order chi connectivity index (χ0) is 34.3. The molecule has 1 aromatic heterocycles. The molecule has 5 aliphatic rings. The highest BCUT2D eigenvalue weighted by Gasteiger charge is 2.62. The molecular weight excluding hydrogens is 650 g/mol. The second kappa shape index (κ2) is 13.3. The van der Waals surface area contributed by atoms with E-state index in [-0.39, 0.29) is 31.9 Å². The zero-order valence-corrected chi connectivity index (χ0v) is 28.2. The van der Waals surface area contributed by atoms with Gasteiger partial charge in [-0.25, -0.2) is 18.2 Å². The highest BCUT2D eigenvalue weighted by molar-refractivity contribution is 7.91. The number of cyclic esters (lactones) is 1. The summed E-state index contributed by atoms with van der Waals surface area (Å²) >= 11 is 0. The van der Waals surface area contributed by atoms with Crippen molar-refractivity contribution in [2.75, 3.05) is 13.2 Å². The van der Waals surface area contributed by atoms with Crippen molar-refractivity contribution < 1.29 is 37.1 Å². The number of aromatic nitrogens is 1. The van der Waals surface area contributed by atoms with Crippen LogP contribution in [0.4, 0.5) is 4.79 Å². The van der Waals surface area contributed by atoms with Crippen molar-refractivity contribution in [1.82, 2.24) is 25.2 Å². The van der Waals surface area contributed by atoms with Crippen molar-refractivity contribution in [1.29, 1.82) is 0 Å². The Morgan fingerprint density at radius 2 is 1.90 bits per heavy atom. The molecule has 4 fully saturated rings. The number of hydrogen-bond donors (Lipinski definition) is 3. The summed E-state index contributed by atoms with van der Waals surface area (Å²) in [6.45, 7) is 4.03. The van der Waals surface area contributed by atoms with Gasteiger partial charge in [0.1, 0.15) is 23.7 Å². The van der Waals surface area contributed by atoms with E-state index in [0.717, 1.165) is 54.9 Å². The van der Waals surface area contributed by atoms with Gasteiger partial charge in [-0.2, -0.15) is 0 Å². The maximum absolute atomic E-state index is 14.4. The van der Waals surface area contributed by atoms with Gasteiger partial charge < -0.3 is 25.0 Å². The van der Waals surface area contributed by atoms with Crippen LogP contribution in [-0.4, -0.2) is 84.2 Å². The van der Waals surface area contributed by atoms with Crippen molar-refractivity contribution in [3.05, 3.63) is 48.7 Å². The van der Waals surface area contributed by atoms with Gasteiger partial charge in [0.05, 0.1) is 18.4 Å². The number of pyridine rings is 1. The molecule has 4 amide bonds. The summed E-state index contributed by atoms with van der Waals surface area (Å²) < 4.78 is 39.4. The lowest BCUT2D eigenvalue weighted by Crippen LogP contribution is -2.59. The van der Waals surface area contributed by atoms with Gasteiger partial charge in [0.25, 0.3) is 5.91 Å². The quantitative estimate of drug-likeness (QED) is 0.369. The number of rotatable bonds is 7. The Hall–Kier alpha value is -4.20. The number of carbonyl (C=O) groups excluding carboxylic acids is 4. The van der Waals surface area contributed by atoms with Crippen LogP contribution >= 0.6 is 0 Å². The molecule has 2 aliphatic heterocycles. The lowest BCUT2D eigenvalue weighted by Gasteiger charge is -2.36. The number of nitrogens with zero attached hydrogens (tertiary/aromatic N) is 2. The standard InChI is InChI=1S/C35H43N5O8S/c1-2-24-19-35(24,33(43)39-49(45,46)26-12-13-26)38-30(41)28-18-25-20-40(28)32(42)29(23-8-6-9-23)37-34(44)47-16-5-3-4-7-21-10-11-22-14-15-36-31(48-25)27(22)17-21/h2,10-11,14-15,17,23-26,28-29H,1,3-9,12-13,16,18-20H2,(H,37,44)(H,38,41)(H,39,43)/t24-,25-,28+,29-,35?/m1/s1. The number of sulfonamides is 1. The van der Waals surface area contributed by atoms with Crippen LogP contribution in [0.25, 0.3) is 10.8 Å². The molecule has 7 rings (SSSR count). The summed E-state index contributed by atoms with van der Waals surface area (Å²) in [5.41, 5.74) is -0.397. The molecule has 3 aliphatic carbocycles. The van der Waals surface area contributed by atoms with Gasteiger partial charge in [-0.1, -0.05) is 24.6 Å². The molecule has 4 bridgehead atoms. The highest BCUT2D eigenvalue weighted by Crippen LogP contribution is 2.45. The first-order valence-corrected chi connectivity index (χ1v) is 18.9. The highest BCUT2D eigenvalue weighted by atomic mass is 32.2. The van der Waals surface area contributed by atoms with E-state index in [2.05, 4.69) is 39.1 Å². The first kappa shape index (κ1) is 33.3. The van der Waals surface area contributed by atoms with Gasteiger partial charge >= 0.3 is 6.09 Å². The van der Waals surface area contributed by atoms with Gasteiger partial charge in [0.15, 0.2) is 0 Å². The van der Waals surface area contributed by atoms with E-state index in [1.807, 2.05) is 12.1 Å². The van der Waals surface area contributed by atoms with Crippen molar-refractivity contribution in [2.45, 2.75) is 99.6 Å². The first-order chi connectivity index (χ1) is 23.6. The molecule has 14 heteroatoms. The second-order valence-electron chi connectivity index (χ2n) is 14.1. The molecule has 262 valence electrons.